The molecule has 2 N–H and O–H groups in total. The van der Waals surface area contributed by atoms with E-state index in [4.69, 9.17) is 17.8 Å². The zero-order chi connectivity index (χ0) is 24.7. The van der Waals surface area contributed by atoms with Crippen LogP contribution in [0.1, 0.15) is 13.8 Å². The van der Waals surface area contributed by atoms with Gasteiger partial charge < -0.3 is 17.8 Å². The summed E-state index contributed by atoms with van der Waals surface area (Å²) in [7, 11) is -9.86. The van der Waals surface area contributed by atoms with Crippen molar-refractivity contribution in [2.75, 3.05) is 13.2 Å². The Morgan fingerprint density at radius 2 is 1.09 bits per heavy atom. The van der Waals surface area contributed by atoms with Gasteiger partial charge in [-0.2, -0.15) is 16.8 Å². The maximum absolute atomic E-state index is 11.6. The van der Waals surface area contributed by atoms with E-state index in [0.717, 1.165) is 22.7 Å². The van der Waals surface area contributed by atoms with Gasteiger partial charge in [-0.3, -0.25) is 9.11 Å². The summed E-state index contributed by atoms with van der Waals surface area (Å²) in [5.41, 5.74) is 0. The summed E-state index contributed by atoms with van der Waals surface area (Å²) < 4.78 is 87.2. The van der Waals surface area contributed by atoms with Crippen molar-refractivity contribution in [2.45, 2.75) is 13.8 Å². The molecular weight excluding hydrogens is 551 g/mol. The van der Waals surface area contributed by atoms with Gasteiger partial charge in [-0.25, -0.2) is 0 Å². The molecule has 0 bridgehead atoms. The predicted octanol–water partition coefficient (Wildman–Crippen LogP) is 4.56. The molecule has 2 aromatic heterocycles. The fourth-order valence-corrected chi connectivity index (χ4v) is 6.61. The zero-order valence-electron chi connectivity index (χ0n) is 18.7. The molecule has 15 heteroatoms. The van der Waals surface area contributed by atoms with Gasteiger partial charge in [0.15, 0.2) is 11.5 Å². The Hall–Kier alpha value is -1.62. The third kappa shape index (κ3) is 6.39. The first-order valence-corrected chi connectivity index (χ1v) is 14.1. The number of ether oxygens (including phenoxy) is 2. The second-order valence-corrected chi connectivity index (χ2v) is 10.9. The van der Waals surface area contributed by atoms with Crippen LogP contribution < -0.4 is 17.8 Å². The Balaban J connectivity index is 0.00000342. The minimum absolute atomic E-state index is 0. The second-order valence-electron chi connectivity index (χ2n) is 6.72. The zero-order valence-corrected chi connectivity index (χ0v) is 23.9. The van der Waals surface area contributed by atoms with E-state index in [1.54, 1.807) is 36.4 Å². The Morgan fingerprint density at radius 1 is 0.714 bits per heavy atom. The fourth-order valence-electron chi connectivity index (χ4n) is 3.29. The topological polar surface area (TPSA) is 146 Å². The average Bonchev–Trinajstić information content (AvgIpc) is 3.24. The minimum atomic E-state index is -4.93. The van der Waals surface area contributed by atoms with Gasteiger partial charge in [-0.1, -0.05) is 0 Å². The monoisotopic (exact) mass is 569 g/mol. The molecular formula is C20H18NaO10S4. The van der Waals surface area contributed by atoms with Crippen LogP contribution in [0.3, 0.4) is 0 Å². The SMILES string of the molecule is CCOc1ccc2c(OS(=O)(=O)O)c(-c3sc4cc(OCC)ccc4c3OS(=O)(=O)O)sc2c1.[Na]. The van der Waals surface area contributed by atoms with E-state index in [0.29, 0.717) is 44.9 Å². The minimum Gasteiger partial charge on any atom is -0.494 e. The van der Waals surface area contributed by atoms with Crippen molar-refractivity contribution < 1.29 is 43.8 Å². The van der Waals surface area contributed by atoms with Gasteiger partial charge >= 0.3 is 20.8 Å². The van der Waals surface area contributed by atoms with Crippen LogP contribution in [-0.4, -0.2) is 68.7 Å². The first-order chi connectivity index (χ1) is 16.0. The largest absolute Gasteiger partial charge is 0.494 e. The van der Waals surface area contributed by atoms with Crippen LogP contribution in [0.4, 0.5) is 0 Å². The number of hydrogen-bond acceptors (Lipinski definition) is 10. The molecule has 4 aromatic rings. The maximum atomic E-state index is 11.6. The molecule has 1 radical (unpaired) electrons. The molecule has 0 aliphatic carbocycles. The predicted molar refractivity (Wildman–Crippen MR) is 135 cm³/mol. The molecule has 2 aromatic carbocycles. The van der Waals surface area contributed by atoms with Gasteiger partial charge in [0.1, 0.15) is 11.5 Å². The molecule has 0 spiro atoms. The summed E-state index contributed by atoms with van der Waals surface area (Å²) in [5.74, 6) is 0.603. The third-order valence-corrected chi connectivity index (χ3v) is 7.62. The normalized spacial score (nSPS) is 11.9. The van der Waals surface area contributed by atoms with Crippen molar-refractivity contribution in [3.63, 3.8) is 0 Å². The van der Waals surface area contributed by atoms with Crippen LogP contribution in [0.5, 0.6) is 23.0 Å². The Kier molecular flexibility index (Phi) is 8.61. The van der Waals surface area contributed by atoms with Crippen LogP contribution in [0.2, 0.25) is 0 Å². The number of fused-ring (bicyclic) bond motifs is 2. The molecule has 0 atom stereocenters. The van der Waals surface area contributed by atoms with Crippen LogP contribution >= 0.6 is 22.7 Å². The molecule has 35 heavy (non-hydrogen) atoms. The molecule has 10 nitrogen and oxygen atoms in total. The van der Waals surface area contributed by atoms with Crippen LogP contribution in [0, 0.1) is 0 Å². The number of hydrogen-bond donors (Lipinski definition) is 2. The molecule has 0 aliphatic heterocycles. The van der Waals surface area contributed by atoms with E-state index in [1.165, 1.54) is 0 Å². The van der Waals surface area contributed by atoms with E-state index < -0.39 is 20.8 Å². The van der Waals surface area contributed by atoms with Crippen molar-refractivity contribution in [2.24, 2.45) is 0 Å². The van der Waals surface area contributed by atoms with Crippen molar-refractivity contribution in [3.05, 3.63) is 36.4 Å². The molecule has 183 valence electrons. The van der Waals surface area contributed by atoms with Crippen molar-refractivity contribution >= 4 is 93.2 Å². The molecule has 4 rings (SSSR count). The standard InChI is InChI=1S/C20H18O10S4.Na/c1-3-27-11-5-7-13-15(9-11)31-19(17(13)29-33(21,22)23)20-18(30-34(24,25)26)14-8-6-12(28-4-2)10-16(14)32-20;/h5-10H,3-4H2,1-2H3,(H,21,22,23)(H,24,25,26);. The van der Waals surface area contributed by atoms with Crippen LogP contribution in [0.25, 0.3) is 29.9 Å². The average molecular weight is 570 g/mol. The first kappa shape index (κ1) is 28.0. The summed E-state index contributed by atoms with van der Waals surface area (Å²) in [6, 6.07) is 9.65. The third-order valence-electron chi connectivity index (χ3n) is 4.44. The molecule has 0 fully saturated rings. The van der Waals surface area contributed by atoms with Gasteiger partial charge in [0.2, 0.25) is 0 Å². The molecule has 0 amide bonds. The number of rotatable bonds is 9. The summed E-state index contributed by atoms with van der Waals surface area (Å²) in [6.07, 6.45) is 0. The van der Waals surface area contributed by atoms with E-state index in [1.807, 2.05) is 13.8 Å². The van der Waals surface area contributed by atoms with Crippen molar-refractivity contribution in [1.82, 2.24) is 0 Å². The molecule has 0 aliphatic rings. The quantitative estimate of drug-likeness (QED) is 0.217. The van der Waals surface area contributed by atoms with Crippen molar-refractivity contribution in [3.8, 4) is 32.8 Å². The smallest absolute Gasteiger partial charge is 0.446 e. The van der Waals surface area contributed by atoms with E-state index in [-0.39, 0.29) is 50.8 Å². The molecule has 0 saturated carbocycles. The number of benzene rings is 2. The van der Waals surface area contributed by atoms with Gasteiger partial charge in [-0.15, -0.1) is 22.7 Å². The van der Waals surface area contributed by atoms with Crippen LogP contribution in [0.15, 0.2) is 36.4 Å². The summed E-state index contributed by atoms with van der Waals surface area (Å²) >= 11 is 2.14. The van der Waals surface area contributed by atoms with E-state index >= 15 is 0 Å². The van der Waals surface area contributed by atoms with Gasteiger partial charge in [0.25, 0.3) is 0 Å². The molecule has 2 heterocycles. The first-order valence-electron chi connectivity index (χ1n) is 9.72. The Bertz CT molecular complexity index is 1470. The summed E-state index contributed by atoms with van der Waals surface area (Å²) in [5, 5.41) is 0.678. The maximum Gasteiger partial charge on any atom is 0.446 e. The second kappa shape index (κ2) is 10.8. The van der Waals surface area contributed by atoms with E-state index in [9.17, 15) is 25.9 Å². The Labute approximate surface area is 231 Å². The van der Waals surface area contributed by atoms with Crippen LogP contribution in [-0.2, 0) is 20.8 Å². The fraction of sp³-hybridized carbons (Fsp3) is 0.200. The van der Waals surface area contributed by atoms with Gasteiger partial charge in [0, 0.05) is 49.7 Å². The molecule has 0 saturated heterocycles. The number of thiophene rings is 2. The Morgan fingerprint density at radius 3 is 1.40 bits per heavy atom. The summed E-state index contributed by atoms with van der Waals surface area (Å²) in [4.78, 5) is 0.332. The van der Waals surface area contributed by atoms with E-state index in [2.05, 4.69) is 0 Å². The van der Waals surface area contributed by atoms with Gasteiger partial charge in [0.05, 0.1) is 23.0 Å². The molecule has 0 unspecified atom stereocenters. The van der Waals surface area contributed by atoms with Gasteiger partial charge in [-0.05, 0) is 50.2 Å². The summed E-state index contributed by atoms with van der Waals surface area (Å²) in [6.45, 7) is 4.43. The van der Waals surface area contributed by atoms with Crippen molar-refractivity contribution in [1.29, 1.82) is 0 Å².